The molecule has 2 aliphatic rings. The zero-order valence-corrected chi connectivity index (χ0v) is 15.7. The molecule has 2 saturated heterocycles. The molecular weight excluding hydrogens is 361 g/mol. The van der Waals surface area contributed by atoms with Crippen LogP contribution in [0.15, 0.2) is 41.3 Å². The number of halogens is 2. The Morgan fingerprint density at radius 2 is 1.80 bits per heavy atom. The fraction of sp³-hybridized carbons (Fsp3) is 0.444. The molecule has 3 heterocycles. The maximum Gasteiger partial charge on any atom is 0.253 e. The maximum absolute atomic E-state index is 12.7. The number of rotatable bonds is 3. The average Bonchev–Trinajstić information content (AvgIpc) is 3.23. The van der Waals surface area contributed by atoms with E-state index >= 15 is 0 Å². The van der Waals surface area contributed by atoms with Crippen molar-refractivity contribution in [1.82, 2.24) is 15.2 Å². The van der Waals surface area contributed by atoms with Crippen LogP contribution >= 0.6 is 24.8 Å². The van der Waals surface area contributed by atoms with Crippen molar-refractivity contribution < 1.29 is 9.21 Å². The van der Waals surface area contributed by atoms with Crippen LogP contribution in [0.1, 0.15) is 36.0 Å². The van der Waals surface area contributed by atoms with Crippen molar-refractivity contribution in [2.24, 2.45) is 0 Å². The number of amides is 1. The molecule has 1 aromatic heterocycles. The Morgan fingerprint density at radius 3 is 2.36 bits per heavy atom. The van der Waals surface area contributed by atoms with Gasteiger partial charge in [-0.2, -0.15) is 0 Å². The lowest BCUT2D eigenvalue weighted by Crippen LogP contribution is -2.48. The molecule has 0 spiro atoms. The van der Waals surface area contributed by atoms with Crippen LogP contribution in [-0.2, 0) is 0 Å². The van der Waals surface area contributed by atoms with Crippen molar-refractivity contribution in [3.8, 4) is 11.3 Å². The summed E-state index contributed by atoms with van der Waals surface area (Å²) in [7, 11) is 1.93. The van der Waals surface area contributed by atoms with Crippen LogP contribution < -0.4 is 5.32 Å². The van der Waals surface area contributed by atoms with Gasteiger partial charge in [0.25, 0.3) is 5.91 Å². The number of oxazole rings is 1. The molecule has 2 aromatic rings. The molecule has 4 rings (SSSR count). The van der Waals surface area contributed by atoms with E-state index in [1.54, 1.807) is 6.20 Å². The second kappa shape index (κ2) is 8.21. The van der Waals surface area contributed by atoms with Gasteiger partial charge in [0.2, 0.25) is 0 Å². The van der Waals surface area contributed by atoms with Crippen molar-refractivity contribution in [3.63, 3.8) is 0 Å². The molecule has 2 aliphatic heterocycles. The number of nitrogens with one attached hydrogen (secondary N) is 1. The van der Waals surface area contributed by atoms with E-state index in [2.05, 4.69) is 10.3 Å². The number of piperidine rings is 1. The molecule has 2 fully saturated rings. The highest BCUT2D eigenvalue weighted by Gasteiger charge is 2.36. The number of carbonyl (C=O) groups is 1. The van der Waals surface area contributed by atoms with Gasteiger partial charge in [0.05, 0.1) is 6.20 Å². The first-order chi connectivity index (χ1) is 11.2. The monoisotopic (exact) mass is 383 g/mol. The fourth-order valence-electron chi connectivity index (χ4n) is 3.85. The second-order valence-corrected chi connectivity index (χ2v) is 6.62. The molecule has 7 heteroatoms. The van der Waals surface area contributed by atoms with E-state index in [-0.39, 0.29) is 30.7 Å². The van der Waals surface area contributed by atoms with Crippen molar-refractivity contribution in [1.29, 1.82) is 0 Å². The number of aromatic nitrogens is 1. The average molecular weight is 384 g/mol. The minimum absolute atomic E-state index is 0. The van der Waals surface area contributed by atoms with E-state index in [1.807, 2.05) is 36.2 Å². The maximum atomic E-state index is 12.7. The molecule has 2 atom stereocenters. The van der Waals surface area contributed by atoms with Crippen LogP contribution in [0.4, 0.5) is 0 Å². The van der Waals surface area contributed by atoms with E-state index in [4.69, 9.17) is 4.42 Å². The van der Waals surface area contributed by atoms with Crippen LogP contribution in [0.5, 0.6) is 0 Å². The normalized spacial score (nSPS) is 24.1. The zero-order valence-electron chi connectivity index (χ0n) is 14.1. The van der Waals surface area contributed by atoms with Crippen molar-refractivity contribution in [2.45, 2.75) is 43.8 Å². The van der Waals surface area contributed by atoms with E-state index in [9.17, 15) is 4.79 Å². The fourth-order valence-corrected chi connectivity index (χ4v) is 3.85. The Morgan fingerprint density at radius 1 is 1.16 bits per heavy atom. The molecule has 1 N–H and O–H groups in total. The number of fused-ring (bicyclic) bond motifs is 2. The molecule has 136 valence electrons. The minimum atomic E-state index is 0. The highest BCUT2D eigenvalue weighted by atomic mass is 35.5. The number of benzene rings is 1. The molecule has 0 saturated carbocycles. The van der Waals surface area contributed by atoms with Gasteiger partial charge in [0.15, 0.2) is 12.2 Å². The molecule has 25 heavy (non-hydrogen) atoms. The number of nitrogens with zero attached hydrogens (tertiary/aromatic N) is 2. The van der Waals surface area contributed by atoms with Crippen LogP contribution in [0.2, 0.25) is 0 Å². The summed E-state index contributed by atoms with van der Waals surface area (Å²) in [4.78, 5) is 18.6. The highest BCUT2D eigenvalue weighted by Crippen LogP contribution is 2.30. The van der Waals surface area contributed by atoms with Crippen LogP contribution in [-0.4, -0.2) is 41.0 Å². The first-order valence-electron chi connectivity index (χ1n) is 8.23. The van der Waals surface area contributed by atoms with Gasteiger partial charge in [-0.05, 0) is 37.8 Å². The zero-order chi connectivity index (χ0) is 15.8. The smallest absolute Gasteiger partial charge is 0.253 e. The van der Waals surface area contributed by atoms with Crippen LogP contribution in [0, 0.1) is 0 Å². The lowest BCUT2D eigenvalue weighted by Gasteiger charge is -2.35. The summed E-state index contributed by atoms with van der Waals surface area (Å²) in [6.07, 6.45) is 7.70. The van der Waals surface area contributed by atoms with E-state index in [0.717, 1.165) is 24.0 Å². The summed E-state index contributed by atoms with van der Waals surface area (Å²) in [5.41, 5.74) is 1.66. The van der Waals surface area contributed by atoms with E-state index < -0.39 is 0 Å². The summed E-state index contributed by atoms with van der Waals surface area (Å²) in [6.45, 7) is 0. The van der Waals surface area contributed by atoms with Gasteiger partial charge in [0.1, 0.15) is 0 Å². The second-order valence-electron chi connectivity index (χ2n) is 6.62. The predicted molar refractivity (Wildman–Crippen MR) is 101 cm³/mol. The van der Waals surface area contributed by atoms with Crippen LogP contribution in [0.25, 0.3) is 11.3 Å². The first-order valence-corrected chi connectivity index (χ1v) is 8.23. The van der Waals surface area contributed by atoms with E-state index in [1.165, 1.54) is 19.2 Å². The molecule has 1 aromatic carbocycles. The van der Waals surface area contributed by atoms with Gasteiger partial charge < -0.3 is 14.6 Å². The van der Waals surface area contributed by atoms with Gasteiger partial charge in [0, 0.05) is 36.3 Å². The van der Waals surface area contributed by atoms with Crippen molar-refractivity contribution >= 4 is 30.7 Å². The quantitative estimate of drug-likeness (QED) is 0.880. The Balaban J connectivity index is 0.00000113. The standard InChI is InChI=1S/C18H21N3O2.2ClH/c1-21(16-8-14-6-7-15(9-16)20-14)18(22)13-4-2-12(3-5-13)17-10-19-11-23-17;;/h2-5,10-11,14-16,20H,6-9H2,1H3;2*1H. The topological polar surface area (TPSA) is 58.4 Å². The number of hydrogen-bond donors (Lipinski definition) is 1. The van der Waals surface area contributed by atoms with Crippen molar-refractivity contribution in [2.75, 3.05) is 7.05 Å². The minimum Gasteiger partial charge on any atom is -0.444 e. The van der Waals surface area contributed by atoms with Crippen molar-refractivity contribution in [3.05, 3.63) is 42.4 Å². The summed E-state index contributed by atoms with van der Waals surface area (Å²) in [5, 5.41) is 3.62. The molecule has 1 amide bonds. The van der Waals surface area contributed by atoms with Crippen LogP contribution in [0.3, 0.4) is 0 Å². The molecular formula is C18H23Cl2N3O2. The first kappa shape index (κ1) is 19.8. The highest BCUT2D eigenvalue weighted by molar-refractivity contribution is 5.94. The van der Waals surface area contributed by atoms with Gasteiger partial charge in [-0.15, -0.1) is 24.8 Å². The predicted octanol–water partition coefficient (Wildman–Crippen LogP) is 3.54. The summed E-state index contributed by atoms with van der Waals surface area (Å²) < 4.78 is 5.28. The number of hydrogen-bond acceptors (Lipinski definition) is 4. The largest absolute Gasteiger partial charge is 0.444 e. The molecule has 2 unspecified atom stereocenters. The lowest BCUT2D eigenvalue weighted by molar-refractivity contribution is 0.0681. The summed E-state index contributed by atoms with van der Waals surface area (Å²) in [5.74, 6) is 0.813. The third-order valence-electron chi connectivity index (χ3n) is 5.16. The Hall–Kier alpha value is -1.56. The third kappa shape index (κ3) is 4.00. The van der Waals surface area contributed by atoms with Gasteiger partial charge in [-0.25, -0.2) is 4.98 Å². The summed E-state index contributed by atoms with van der Waals surface area (Å²) in [6, 6.07) is 9.07. The van der Waals surface area contributed by atoms with Gasteiger partial charge >= 0.3 is 0 Å². The van der Waals surface area contributed by atoms with E-state index in [0.29, 0.717) is 23.9 Å². The molecule has 2 bridgehead atoms. The number of carbonyl (C=O) groups excluding carboxylic acids is 1. The lowest BCUT2D eigenvalue weighted by atomic mass is 9.98. The molecule has 5 nitrogen and oxygen atoms in total. The summed E-state index contributed by atoms with van der Waals surface area (Å²) >= 11 is 0. The van der Waals surface area contributed by atoms with Gasteiger partial charge in [-0.3, -0.25) is 4.79 Å². The Kier molecular flexibility index (Phi) is 6.49. The molecule has 0 aliphatic carbocycles. The Labute approximate surface area is 160 Å². The third-order valence-corrected chi connectivity index (χ3v) is 5.16. The SMILES string of the molecule is CN(C(=O)c1ccc(-c2cnco2)cc1)C1CC2CCC(C1)N2.Cl.Cl. The Bertz CT molecular complexity index is 679. The van der Waals surface area contributed by atoms with Gasteiger partial charge in [-0.1, -0.05) is 12.1 Å². The molecule has 0 radical (unpaired) electrons.